The van der Waals surface area contributed by atoms with Crippen molar-refractivity contribution in [2.75, 3.05) is 44.7 Å². The van der Waals surface area contributed by atoms with Gasteiger partial charge >= 0.3 is 0 Å². The third-order valence-electron chi connectivity index (χ3n) is 4.77. The van der Waals surface area contributed by atoms with Gasteiger partial charge in [0.15, 0.2) is 0 Å². The summed E-state index contributed by atoms with van der Waals surface area (Å²) < 4.78 is 5.44. The molecular weight excluding hydrogens is 354 g/mol. The number of anilines is 1. The summed E-state index contributed by atoms with van der Waals surface area (Å²) in [4.78, 5) is 29.1. The summed E-state index contributed by atoms with van der Waals surface area (Å²) >= 11 is 0. The maximum Gasteiger partial charge on any atom is 0.253 e. The van der Waals surface area contributed by atoms with Crippen molar-refractivity contribution in [2.45, 2.75) is 0 Å². The van der Waals surface area contributed by atoms with Gasteiger partial charge in [0.1, 0.15) is 5.75 Å². The molecule has 1 heterocycles. The highest BCUT2D eigenvalue weighted by Crippen LogP contribution is 2.28. The molecule has 146 valence electrons. The third kappa shape index (κ3) is 4.34. The molecule has 1 saturated heterocycles. The Hall–Kier alpha value is -3.28. The summed E-state index contributed by atoms with van der Waals surface area (Å²) in [5.74, 6) is 0.564. The van der Waals surface area contributed by atoms with Gasteiger partial charge in [-0.3, -0.25) is 9.59 Å². The van der Waals surface area contributed by atoms with Crippen LogP contribution in [-0.2, 0) is 0 Å². The van der Waals surface area contributed by atoms with Crippen LogP contribution in [-0.4, -0.2) is 56.5 Å². The number of benzene rings is 2. The first-order chi connectivity index (χ1) is 13.6. The second-order valence-corrected chi connectivity index (χ2v) is 6.53. The molecule has 2 amide bonds. The minimum Gasteiger partial charge on any atom is -0.495 e. The van der Waals surface area contributed by atoms with Crippen LogP contribution in [0.2, 0.25) is 0 Å². The first-order valence-electron chi connectivity index (χ1n) is 9.30. The van der Waals surface area contributed by atoms with Crippen LogP contribution in [0.3, 0.4) is 0 Å². The summed E-state index contributed by atoms with van der Waals surface area (Å²) in [6, 6.07) is 14.7. The molecular formula is C22H25N3O3. The summed E-state index contributed by atoms with van der Waals surface area (Å²) in [6.45, 7) is 6.66. The highest BCUT2D eigenvalue weighted by molar-refractivity contribution is 5.99. The fourth-order valence-corrected chi connectivity index (χ4v) is 3.28. The Balaban J connectivity index is 1.65. The molecule has 0 bridgehead atoms. The summed E-state index contributed by atoms with van der Waals surface area (Å²) in [5.41, 5.74) is 2.04. The van der Waals surface area contributed by atoms with Crippen molar-refractivity contribution in [1.29, 1.82) is 0 Å². The second-order valence-electron chi connectivity index (χ2n) is 6.53. The third-order valence-corrected chi connectivity index (χ3v) is 4.77. The van der Waals surface area contributed by atoms with Gasteiger partial charge in [-0.1, -0.05) is 24.3 Å². The Bertz CT molecular complexity index is 858. The van der Waals surface area contributed by atoms with E-state index >= 15 is 0 Å². The monoisotopic (exact) mass is 379 g/mol. The van der Waals surface area contributed by atoms with Gasteiger partial charge in [-0.2, -0.15) is 0 Å². The number of ether oxygens (including phenoxy) is 1. The van der Waals surface area contributed by atoms with E-state index < -0.39 is 0 Å². The van der Waals surface area contributed by atoms with Crippen LogP contribution in [0.4, 0.5) is 5.69 Å². The van der Waals surface area contributed by atoms with Crippen LogP contribution < -0.4 is 15.0 Å². The van der Waals surface area contributed by atoms with Gasteiger partial charge in [-0.25, -0.2) is 0 Å². The summed E-state index contributed by atoms with van der Waals surface area (Å²) in [7, 11) is 1.66. The fraction of sp³-hybridized carbons (Fsp3) is 0.273. The second kappa shape index (κ2) is 9.08. The first kappa shape index (κ1) is 19.5. The minimum absolute atomic E-state index is 0.0574. The zero-order valence-electron chi connectivity index (χ0n) is 16.1. The number of piperazine rings is 1. The number of nitrogens with one attached hydrogen (secondary N) is 1. The predicted octanol–water partition coefficient (Wildman–Crippen LogP) is 2.57. The van der Waals surface area contributed by atoms with Crippen molar-refractivity contribution < 1.29 is 14.3 Å². The predicted molar refractivity (Wildman–Crippen MR) is 110 cm³/mol. The normalized spacial score (nSPS) is 13.8. The van der Waals surface area contributed by atoms with Crippen molar-refractivity contribution in [2.24, 2.45) is 0 Å². The van der Waals surface area contributed by atoms with Gasteiger partial charge in [0.2, 0.25) is 0 Å². The van der Waals surface area contributed by atoms with Crippen LogP contribution in [0.5, 0.6) is 5.75 Å². The molecule has 0 aromatic heterocycles. The molecule has 0 atom stereocenters. The van der Waals surface area contributed by atoms with E-state index in [-0.39, 0.29) is 11.8 Å². The number of methoxy groups -OCH3 is 1. The van der Waals surface area contributed by atoms with Gasteiger partial charge in [-0.05, 0) is 30.3 Å². The van der Waals surface area contributed by atoms with E-state index in [1.807, 2.05) is 29.2 Å². The Kier molecular flexibility index (Phi) is 6.32. The van der Waals surface area contributed by atoms with Crippen LogP contribution >= 0.6 is 0 Å². The molecule has 0 aliphatic carbocycles. The number of carbonyl (C=O) groups is 2. The average molecular weight is 379 g/mol. The molecule has 6 nitrogen and oxygen atoms in total. The fourth-order valence-electron chi connectivity index (χ4n) is 3.28. The molecule has 0 unspecified atom stereocenters. The summed E-state index contributed by atoms with van der Waals surface area (Å²) in [5, 5.41) is 2.73. The molecule has 2 aromatic rings. The molecule has 3 rings (SSSR count). The number of carbonyl (C=O) groups excluding carboxylic acids is 2. The van der Waals surface area contributed by atoms with E-state index in [9.17, 15) is 9.59 Å². The molecule has 1 fully saturated rings. The lowest BCUT2D eigenvalue weighted by Gasteiger charge is -2.36. The van der Waals surface area contributed by atoms with E-state index in [4.69, 9.17) is 4.74 Å². The number of nitrogens with zero attached hydrogens (tertiary/aromatic N) is 2. The Labute approximate surface area is 165 Å². The molecule has 2 aromatic carbocycles. The van der Waals surface area contributed by atoms with E-state index in [0.717, 1.165) is 24.5 Å². The lowest BCUT2D eigenvalue weighted by atomic mass is 10.1. The van der Waals surface area contributed by atoms with Crippen molar-refractivity contribution in [3.8, 4) is 5.75 Å². The lowest BCUT2D eigenvalue weighted by molar-refractivity contribution is 0.0746. The van der Waals surface area contributed by atoms with Gasteiger partial charge in [0, 0.05) is 43.9 Å². The standard InChI is InChI=1S/C22H25N3O3/c1-3-11-23-21(26)17-7-6-8-18(16-17)22(27)25-14-12-24(13-15-25)19-9-4-5-10-20(19)28-2/h3-10,16H,1,11-15H2,2H3,(H,23,26). The van der Waals surface area contributed by atoms with Crippen molar-refractivity contribution in [3.05, 3.63) is 72.3 Å². The van der Waals surface area contributed by atoms with Gasteiger partial charge in [-0.15, -0.1) is 6.58 Å². The molecule has 28 heavy (non-hydrogen) atoms. The molecule has 0 saturated carbocycles. The number of rotatable bonds is 6. The Morgan fingerprint density at radius 2 is 1.79 bits per heavy atom. The van der Waals surface area contributed by atoms with Crippen LogP contribution in [0.15, 0.2) is 61.2 Å². The van der Waals surface area contributed by atoms with E-state index in [1.54, 1.807) is 37.5 Å². The van der Waals surface area contributed by atoms with Crippen LogP contribution in [0, 0.1) is 0 Å². The maximum absolute atomic E-state index is 12.9. The van der Waals surface area contributed by atoms with E-state index in [2.05, 4.69) is 16.8 Å². The molecule has 1 N–H and O–H groups in total. The molecule has 0 radical (unpaired) electrons. The van der Waals surface area contributed by atoms with E-state index in [0.29, 0.717) is 30.8 Å². The van der Waals surface area contributed by atoms with Gasteiger partial charge < -0.3 is 19.9 Å². The van der Waals surface area contributed by atoms with Crippen molar-refractivity contribution in [1.82, 2.24) is 10.2 Å². The van der Waals surface area contributed by atoms with Crippen LogP contribution in [0.1, 0.15) is 20.7 Å². The smallest absolute Gasteiger partial charge is 0.253 e. The number of hydrogen-bond donors (Lipinski definition) is 1. The number of amides is 2. The zero-order valence-corrected chi connectivity index (χ0v) is 16.1. The Morgan fingerprint density at radius 1 is 1.07 bits per heavy atom. The lowest BCUT2D eigenvalue weighted by Crippen LogP contribution is -2.48. The minimum atomic E-state index is -0.212. The SMILES string of the molecule is C=CCNC(=O)c1cccc(C(=O)N2CCN(c3ccccc3OC)CC2)c1. The molecule has 0 spiro atoms. The Morgan fingerprint density at radius 3 is 2.50 bits per heavy atom. The van der Waals surface area contributed by atoms with Crippen LogP contribution in [0.25, 0.3) is 0 Å². The average Bonchev–Trinajstić information content (AvgIpc) is 2.77. The highest BCUT2D eigenvalue weighted by Gasteiger charge is 2.24. The number of para-hydroxylation sites is 2. The van der Waals surface area contributed by atoms with Crippen molar-refractivity contribution >= 4 is 17.5 Å². The molecule has 1 aliphatic rings. The maximum atomic E-state index is 12.9. The number of hydrogen-bond acceptors (Lipinski definition) is 4. The zero-order chi connectivity index (χ0) is 19.9. The van der Waals surface area contributed by atoms with Crippen molar-refractivity contribution in [3.63, 3.8) is 0 Å². The summed E-state index contributed by atoms with van der Waals surface area (Å²) in [6.07, 6.45) is 1.62. The van der Waals surface area contributed by atoms with E-state index in [1.165, 1.54) is 0 Å². The highest BCUT2D eigenvalue weighted by atomic mass is 16.5. The quantitative estimate of drug-likeness (QED) is 0.784. The van der Waals surface area contributed by atoms with Gasteiger partial charge in [0.05, 0.1) is 12.8 Å². The van der Waals surface area contributed by atoms with Gasteiger partial charge in [0.25, 0.3) is 11.8 Å². The largest absolute Gasteiger partial charge is 0.495 e. The molecule has 6 heteroatoms. The topological polar surface area (TPSA) is 61.9 Å². The molecule has 1 aliphatic heterocycles. The first-order valence-corrected chi connectivity index (χ1v) is 9.30.